The van der Waals surface area contributed by atoms with Gasteiger partial charge in [-0.3, -0.25) is 4.98 Å². The van der Waals surface area contributed by atoms with Crippen molar-refractivity contribution >= 4 is 44.4 Å². The van der Waals surface area contributed by atoms with E-state index in [1.54, 1.807) is 18.6 Å². The van der Waals surface area contributed by atoms with Gasteiger partial charge in [-0.25, -0.2) is 9.97 Å². The first-order chi connectivity index (χ1) is 11.3. The third-order valence-corrected chi connectivity index (χ3v) is 3.65. The molecule has 23 heavy (non-hydrogen) atoms. The molecule has 0 spiro atoms. The molecule has 3 aromatic rings. The zero-order chi connectivity index (χ0) is 15.6. The van der Waals surface area contributed by atoms with Gasteiger partial charge in [0, 0.05) is 12.4 Å². The first-order valence-corrected chi connectivity index (χ1v) is 7.44. The maximum Gasteiger partial charge on any atom is 0.206 e. The molecule has 1 aliphatic heterocycles. The van der Waals surface area contributed by atoms with Crippen LogP contribution in [-0.2, 0) is 0 Å². The number of pyridine rings is 1. The van der Waals surface area contributed by atoms with Crippen LogP contribution in [0.25, 0.3) is 26.8 Å². The first-order valence-electron chi connectivity index (χ1n) is 7.06. The van der Waals surface area contributed by atoms with Crippen LogP contribution < -0.4 is 5.32 Å². The van der Waals surface area contributed by atoms with Crippen molar-refractivity contribution in [3.8, 4) is 0 Å². The van der Waals surface area contributed by atoms with E-state index in [0.717, 1.165) is 21.8 Å². The van der Waals surface area contributed by atoms with Crippen LogP contribution in [0.2, 0.25) is 0 Å². The minimum Gasteiger partial charge on any atom is -0.331 e. The molecule has 0 saturated heterocycles. The third-order valence-electron chi connectivity index (χ3n) is 3.36. The summed E-state index contributed by atoms with van der Waals surface area (Å²) in [5.41, 5.74) is 1.55. The number of fused-ring (bicyclic) bond motifs is 6. The predicted octanol–water partition coefficient (Wildman–Crippen LogP) is 4.16. The second-order valence-corrected chi connectivity index (χ2v) is 5.49. The van der Waals surface area contributed by atoms with E-state index in [1.807, 2.05) is 42.5 Å². The van der Waals surface area contributed by atoms with Crippen molar-refractivity contribution in [2.24, 2.45) is 0 Å². The lowest BCUT2D eigenvalue weighted by Crippen LogP contribution is -2.02. The number of rotatable bonds is 0. The lowest BCUT2D eigenvalue weighted by atomic mass is 10.2. The fourth-order valence-corrected chi connectivity index (χ4v) is 2.44. The lowest BCUT2D eigenvalue weighted by molar-refractivity contribution is 1.12. The summed E-state index contributed by atoms with van der Waals surface area (Å²) in [6, 6.07) is 13.9. The number of hydrogen-bond acceptors (Lipinski definition) is 4. The topological polar surface area (TPSA) is 66.5 Å². The van der Waals surface area contributed by atoms with E-state index in [1.165, 1.54) is 0 Å². The second kappa shape index (κ2) is 5.70. The minimum absolute atomic E-state index is 0.492. The van der Waals surface area contributed by atoms with E-state index in [4.69, 9.17) is 11.6 Å². The van der Waals surface area contributed by atoms with E-state index in [-0.39, 0.29) is 0 Å². The van der Waals surface area contributed by atoms with Gasteiger partial charge in [-0.15, -0.1) is 0 Å². The van der Waals surface area contributed by atoms with Crippen molar-refractivity contribution in [1.29, 1.82) is 0 Å². The molecule has 1 aliphatic rings. The summed E-state index contributed by atoms with van der Waals surface area (Å²) in [4.78, 5) is 16.4. The summed E-state index contributed by atoms with van der Waals surface area (Å²) in [5, 5.41) is 5.52. The van der Waals surface area contributed by atoms with Crippen molar-refractivity contribution in [1.82, 2.24) is 19.9 Å². The molecule has 0 unspecified atom stereocenters. The molecule has 3 heterocycles. The number of hydrogen-bond donors (Lipinski definition) is 2. The molecule has 2 aromatic heterocycles. The molecular weight excluding hydrogens is 310 g/mol. The number of anilines is 1. The summed E-state index contributed by atoms with van der Waals surface area (Å²) in [7, 11) is 0. The first kappa shape index (κ1) is 13.7. The highest BCUT2D eigenvalue weighted by atomic mass is 35.5. The van der Waals surface area contributed by atoms with Crippen molar-refractivity contribution in [3.63, 3.8) is 0 Å². The molecule has 0 saturated carbocycles. The van der Waals surface area contributed by atoms with Crippen LogP contribution in [0, 0.1) is 0 Å². The Hall–Kier alpha value is -2.92. The molecule has 0 atom stereocenters. The smallest absolute Gasteiger partial charge is 0.206 e. The number of benzene rings is 1. The van der Waals surface area contributed by atoms with Gasteiger partial charge in [0.2, 0.25) is 5.95 Å². The minimum atomic E-state index is 0.492. The molecule has 112 valence electrons. The van der Waals surface area contributed by atoms with E-state index in [0.29, 0.717) is 16.8 Å². The lowest BCUT2D eigenvalue weighted by Gasteiger charge is -2.07. The largest absolute Gasteiger partial charge is 0.331 e. The molecule has 0 fully saturated rings. The van der Waals surface area contributed by atoms with Crippen LogP contribution in [0.4, 0.5) is 5.95 Å². The van der Waals surface area contributed by atoms with E-state index >= 15 is 0 Å². The van der Waals surface area contributed by atoms with Crippen LogP contribution in [0.5, 0.6) is 0 Å². The van der Waals surface area contributed by atoms with Crippen molar-refractivity contribution in [2.45, 2.75) is 0 Å². The number of nitrogens with zero attached hydrogens (tertiary/aromatic N) is 3. The van der Waals surface area contributed by atoms with Gasteiger partial charge in [0.15, 0.2) is 5.82 Å². The number of aromatic amines is 1. The zero-order valence-corrected chi connectivity index (χ0v) is 12.7. The third kappa shape index (κ3) is 3.00. The summed E-state index contributed by atoms with van der Waals surface area (Å²) >= 11 is 6.21. The van der Waals surface area contributed by atoms with Crippen LogP contribution in [0.3, 0.4) is 0 Å². The molecule has 0 amide bonds. The highest BCUT2D eigenvalue weighted by Crippen LogP contribution is 2.19. The van der Waals surface area contributed by atoms with Gasteiger partial charge in [0.1, 0.15) is 0 Å². The predicted molar refractivity (Wildman–Crippen MR) is 93.1 cm³/mol. The van der Waals surface area contributed by atoms with Crippen molar-refractivity contribution in [2.75, 3.05) is 5.32 Å². The molecule has 6 bridgehead atoms. The molecule has 1 aromatic carbocycles. The number of aromatic nitrogens is 4. The molecule has 2 N–H and O–H groups in total. The van der Waals surface area contributed by atoms with Crippen molar-refractivity contribution < 1.29 is 0 Å². The van der Waals surface area contributed by atoms with E-state index < -0.39 is 0 Å². The van der Waals surface area contributed by atoms with Crippen LogP contribution in [-0.4, -0.2) is 19.9 Å². The molecule has 0 radical (unpaired) electrons. The van der Waals surface area contributed by atoms with E-state index in [2.05, 4.69) is 25.3 Å². The number of H-pyrrole nitrogens is 1. The van der Waals surface area contributed by atoms with Crippen molar-refractivity contribution in [3.05, 3.63) is 66.9 Å². The Morgan fingerprint density at radius 1 is 0.870 bits per heavy atom. The Kier molecular flexibility index (Phi) is 3.40. The molecular formula is C17H12ClN5. The normalized spacial score (nSPS) is 12.3. The number of halogens is 1. The maximum absolute atomic E-state index is 6.21. The fourth-order valence-electron chi connectivity index (χ4n) is 2.30. The average Bonchev–Trinajstić information content (AvgIpc) is 2.57. The number of nitrogens with one attached hydrogen (secondary N) is 2. The average molecular weight is 322 g/mol. The highest BCUT2D eigenvalue weighted by molar-refractivity contribution is 6.48. The summed E-state index contributed by atoms with van der Waals surface area (Å²) in [5.74, 6) is 1.10. The molecule has 5 nitrogen and oxygen atoms in total. The van der Waals surface area contributed by atoms with Crippen LogP contribution >= 0.6 is 11.6 Å². The van der Waals surface area contributed by atoms with Crippen LogP contribution in [0.1, 0.15) is 5.82 Å². The fraction of sp³-hybridized carbons (Fsp3) is 0. The highest BCUT2D eigenvalue weighted by Gasteiger charge is 2.05. The SMILES string of the molecule is ClC1=CNc2nc3cncc(ccc4cccc(c4)nc1[nH]2)c3. The Morgan fingerprint density at radius 3 is 2.70 bits per heavy atom. The quantitative estimate of drug-likeness (QED) is 0.652. The molecule has 6 heteroatoms. The van der Waals surface area contributed by atoms with Gasteiger partial charge >= 0.3 is 0 Å². The van der Waals surface area contributed by atoms with Gasteiger partial charge in [-0.1, -0.05) is 35.9 Å². The Bertz CT molecular complexity index is 1020. The Balaban J connectivity index is 2.14. The van der Waals surface area contributed by atoms with E-state index in [9.17, 15) is 0 Å². The van der Waals surface area contributed by atoms with Gasteiger partial charge in [0.25, 0.3) is 0 Å². The van der Waals surface area contributed by atoms with Gasteiger partial charge < -0.3 is 10.3 Å². The summed E-state index contributed by atoms with van der Waals surface area (Å²) in [6.45, 7) is 0. The monoisotopic (exact) mass is 321 g/mol. The zero-order valence-electron chi connectivity index (χ0n) is 12.0. The summed E-state index contributed by atoms with van der Waals surface area (Å²) < 4.78 is 0. The standard InChI is InChI=1S/C17H12ClN5/c18-15-10-20-17-22-14-7-12(8-19-9-14)5-4-11-2-1-3-13(6-11)21-16(15)23-17/h1-10H,(H2,20,21,22,23). The molecule has 0 aliphatic carbocycles. The van der Waals surface area contributed by atoms with Crippen LogP contribution in [0.15, 0.2) is 61.1 Å². The molecule has 4 rings (SSSR count). The maximum atomic E-state index is 6.21. The van der Waals surface area contributed by atoms with Gasteiger partial charge in [-0.2, -0.15) is 0 Å². The second-order valence-electron chi connectivity index (χ2n) is 5.09. The van der Waals surface area contributed by atoms with Gasteiger partial charge in [0.05, 0.1) is 22.3 Å². The Morgan fingerprint density at radius 2 is 1.74 bits per heavy atom. The summed E-state index contributed by atoms with van der Waals surface area (Å²) in [6.07, 6.45) is 5.16. The van der Waals surface area contributed by atoms with Gasteiger partial charge in [-0.05, 0) is 29.0 Å². The Labute approximate surface area is 137 Å².